The van der Waals surface area contributed by atoms with E-state index in [0.29, 0.717) is 49.4 Å². The highest BCUT2D eigenvalue weighted by atomic mass is 16.5. The van der Waals surface area contributed by atoms with Gasteiger partial charge in [0, 0.05) is 39.5 Å². The van der Waals surface area contributed by atoms with E-state index in [1.807, 2.05) is 12.1 Å². The number of aromatic nitrogens is 2. The van der Waals surface area contributed by atoms with Crippen LogP contribution in [0.25, 0.3) is 0 Å². The van der Waals surface area contributed by atoms with Crippen molar-refractivity contribution in [2.24, 2.45) is 0 Å². The number of fused-ring (bicyclic) bond motifs is 1. The van der Waals surface area contributed by atoms with Crippen molar-refractivity contribution in [3.8, 4) is 11.5 Å². The SMILES string of the molecule is COCCCNc1nccc(C(=O)N2CCc3cc(OC)c(OC)cc3C2)n1. The predicted molar refractivity (Wildman–Crippen MR) is 105 cm³/mol. The van der Waals surface area contributed by atoms with Gasteiger partial charge in [0.25, 0.3) is 5.91 Å². The van der Waals surface area contributed by atoms with E-state index in [9.17, 15) is 4.79 Å². The van der Waals surface area contributed by atoms with Crippen LogP contribution in [-0.2, 0) is 17.7 Å². The molecular formula is C20H26N4O4. The maximum Gasteiger partial charge on any atom is 0.272 e. The van der Waals surface area contributed by atoms with Crippen molar-refractivity contribution in [1.29, 1.82) is 0 Å². The third kappa shape index (κ3) is 4.51. The van der Waals surface area contributed by atoms with Gasteiger partial charge in [0.15, 0.2) is 11.5 Å². The van der Waals surface area contributed by atoms with Crippen LogP contribution in [0, 0.1) is 0 Å². The zero-order valence-electron chi connectivity index (χ0n) is 16.5. The average molecular weight is 386 g/mol. The number of hydrogen-bond acceptors (Lipinski definition) is 7. The van der Waals surface area contributed by atoms with Crippen molar-refractivity contribution in [2.75, 3.05) is 46.3 Å². The van der Waals surface area contributed by atoms with Crippen LogP contribution >= 0.6 is 0 Å². The van der Waals surface area contributed by atoms with Gasteiger partial charge in [-0.2, -0.15) is 0 Å². The predicted octanol–water partition coefficient (Wildman–Crippen LogP) is 2.14. The maximum absolute atomic E-state index is 12.9. The molecular weight excluding hydrogens is 360 g/mol. The molecule has 0 saturated heterocycles. The number of carbonyl (C=O) groups excluding carboxylic acids is 1. The molecule has 150 valence electrons. The largest absolute Gasteiger partial charge is 0.493 e. The molecule has 0 aliphatic carbocycles. The van der Waals surface area contributed by atoms with Gasteiger partial charge >= 0.3 is 0 Å². The first-order valence-electron chi connectivity index (χ1n) is 9.25. The Morgan fingerprint density at radius 1 is 1.18 bits per heavy atom. The summed E-state index contributed by atoms with van der Waals surface area (Å²) in [5, 5.41) is 3.12. The number of nitrogens with one attached hydrogen (secondary N) is 1. The number of nitrogens with zero attached hydrogens (tertiary/aromatic N) is 3. The van der Waals surface area contributed by atoms with Crippen molar-refractivity contribution in [3.05, 3.63) is 41.2 Å². The molecule has 1 amide bonds. The minimum absolute atomic E-state index is 0.109. The van der Waals surface area contributed by atoms with Crippen LogP contribution in [0.2, 0.25) is 0 Å². The highest BCUT2D eigenvalue weighted by Gasteiger charge is 2.24. The van der Waals surface area contributed by atoms with Gasteiger partial charge in [-0.3, -0.25) is 4.79 Å². The first kappa shape index (κ1) is 19.9. The van der Waals surface area contributed by atoms with Gasteiger partial charge in [0.1, 0.15) is 5.69 Å². The summed E-state index contributed by atoms with van der Waals surface area (Å²) < 4.78 is 15.8. The summed E-state index contributed by atoms with van der Waals surface area (Å²) in [7, 11) is 4.90. The summed E-state index contributed by atoms with van der Waals surface area (Å²) in [6, 6.07) is 5.58. The van der Waals surface area contributed by atoms with Gasteiger partial charge < -0.3 is 24.4 Å². The topological polar surface area (TPSA) is 85.8 Å². The molecule has 1 aliphatic rings. The Morgan fingerprint density at radius 3 is 2.64 bits per heavy atom. The first-order valence-corrected chi connectivity index (χ1v) is 9.25. The minimum atomic E-state index is -0.109. The van der Waals surface area contributed by atoms with E-state index in [-0.39, 0.29) is 5.91 Å². The van der Waals surface area contributed by atoms with Crippen LogP contribution in [0.4, 0.5) is 5.95 Å². The summed E-state index contributed by atoms with van der Waals surface area (Å²) in [4.78, 5) is 23.3. The van der Waals surface area contributed by atoms with Crippen LogP contribution in [0.3, 0.4) is 0 Å². The van der Waals surface area contributed by atoms with Crippen LogP contribution in [0.1, 0.15) is 28.0 Å². The molecule has 0 bridgehead atoms. The van der Waals surface area contributed by atoms with Crippen molar-refractivity contribution in [2.45, 2.75) is 19.4 Å². The molecule has 2 heterocycles. The van der Waals surface area contributed by atoms with Gasteiger partial charge in [-0.05, 0) is 42.2 Å². The van der Waals surface area contributed by atoms with E-state index < -0.39 is 0 Å². The Hall–Kier alpha value is -2.87. The fourth-order valence-electron chi connectivity index (χ4n) is 3.20. The number of amides is 1. The van der Waals surface area contributed by atoms with E-state index in [2.05, 4.69) is 15.3 Å². The lowest BCUT2D eigenvalue weighted by Gasteiger charge is -2.29. The van der Waals surface area contributed by atoms with Crippen molar-refractivity contribution in [3.63, 3.8) is 0 Å². The lowest BCUT2D eigenvalue weighted by atomic mass is 9.98. The number of rotatable bonds is 8. The van der Waals surface area contributed by atoms with Gasteiger partial charge in [-0.25, -0.2) is 9.97 Å². The van der Waals surface area contributed by atoms with Crippen molar-refractivity contribution < 1.29 is 19.0 Å². The number of carbonyl (C=O) groups is 1. The molecule has 0 radical (unpaired) electrons. The fourth-order valence-corrected chi connectivity index (χ4v) is 3.20. The molecule has 1 aromatic carbocycles. The number of methoxy groups -OCH3 is 3. The lowest BCUT2D eigenvalue weighted by molar-refractivity contribution is 0.0728. The minimum Gasteiger partial charge on any atom is -0.493 e. The molecule has 1 aromatic heterocycles. The third-order valence-electron chi connectivity index (χ3n) is 4.69. The first-order chi connectivity index (χ1) is 13.7. The summed E-state index contributed by atoms with van der Waals surface area (Å²) in [5.74, 6) is 1.72. The second-order valence-corrected chi connectivity index (χ2v) is 6.49. The molecule has 3 rings (SSSR count). The Balaban J connectivity index is 1.70. The Labute approximate surface area is 164 Å². The monoisotopic (exact) mass is 386 g/mol. The normalized spacial score (nSPS) is 13.0. The Morgan fingerprint density at radius 2 is 1.93 bits per heavy atom. The second kappa shape index (κ2) is 9.36. The molecule has 8 heteroatoms. The van der Waals surface area contributed by atoms with Gasteiger partial charge in [-0.1, -0.05) is 0 Å². The number of hydrogen-bond donors (Lipinski definition) is 1. The van der Waals surface area contributed by atoms with Gasteiger partial charge in [-0.15, -0.1) is 0 Å². The molecule has 1 aliphatic heterocycles. The number of ether oxygens (including phenoxy) is 3. The molecule has 28 heavy (non-hydrogen) atoms. The van der Waals surface area contributed by atoms with Crippen molar-refractivity contribution in [1.82, 2.24) is 14.9 Å². The lowest BCUT2D eigenvalue weighted by Crippen LogP contribution is -2.36. The van der Waals surface area contributed by atoms with E-state index in [1.54, 1.807) is 38.5 Å². The third-order valence-corrected chi connectivity index (χ3v) is 4.69. The Bertz CT molecular complexity index is 828. The molecule has 1 N–H and O–H groups in total. The van der Waals surface area contributed by atoms with Gasteiger partial charge in [0.05, 0.1) is 14.2 Å². The van der Waals surface area contributed by atoms with Gasteiger partial charge in [0.2, 0.25) is 5.95 Å². The van der Waals surface area contributed by atoms with Crippen molar-refractivity contribution >= 4 is 11.9 Å². The number of benzene rings is 1. The smallest absolute Gasteiger partial charge is 0.272 e. The molecule has 8 nitrogen and oxygen atoms in total. The summed E-state index contributed by atoms with van der Waals surface area (Å²) in [5.41, 5.74) is 2.61. The zero-order valence-corrected chi connectivity index (χ0v) is 16.5. The Kier molecular flexibility index (Phi) is 6.65. The second-order valence-electron chi connectivity index (χ2n) is 6.49. The van der Waals surface area contributed by atoms with E-state index >= 15 is 0 Å². The van der Waals surface area contributed by atoms with E-state index in [0.717, 1.165) is 18.4 Å². The molecule has 0 atom stereocenters. The van der Waals surface area contributed by atoms with E-state index in [4.69, 9.17) is 14.2 Å². The fraction of sp³-hybridized carbons (Fsp3) is 0.450. The highest BCUT2D eigenvalue weighted by Crippen LogP contribution is 2.33. The number of anilines is 1. The van der Waals surface area contributed by atoms with Crippen LogP contribution < -0.4 is 14.8 Å². The zero-order chi connectivity index (χ0) is 19.9. The summed E-state index contributed by atoms with van der Waals surface area (Å²) in [6.45, 7) is 2.48. The quantitative estimate of drug-likeness (QED) is 0.696. The van der Waals surface area contributed by atoms with Crippen LogP contribution in [-0.4, -0.2) is 61.8 Å². The molecule has 0 saturated carbocycles. The standard InChI is InChI=1S/C20H26N4O4/c1-26-10-4-7-21-20-22-8-5-16(23-20)19(25)24-9-6-14-11-17(27-2)18(28-3)12-15(14)13-24/h5,8,11-12H,4,6-7,9-10,13H2,1-3H3,(H,21,22,23). The summed E-state index contributed by atoms with van der Waals surface area (Å²) >= 11 is 0. The molecule has 0 unspecified atom stereocenters. The molecule has 2 aromatic rings. The average Bonchev–Trinajstić information content (AvgIpc) is 2.75. The molecule has 0 fully saturated rings. The maximum atomic E-state index is 12.9. The van der Waals surface area contributed by atoms with Crippen LogP contribution in [0.5, 0.6) is 11.5 Å². The highest BCUT2D eigenvalue weighted by molar-refractivity contribution is 5.92. The molecule has 0 spiro atoms. The van der Waals surface area contributed by atoms with E-state index in [1.165, 1.54) is 5.56 Å². The summed E-state index contributed by atoms with van der Waals surface area (Å²) in [6.07, 6.45) is 3.20. The van der Waals surface area contributed by atoms with Crippen LogP contribution in [0.15, 0.2) is 24.4 Å².